The van der Waals surface area contributed by atoms with Gasteiger partial charge in [-0.05, 0) is 48.9 Å². The van der Waals surface area contributed by atoms with E-state index in [0.717, 1.165) is 22.5 Å². The summed E-state index contributed by atoms with van der Waals surface area (Å²) in [5, 5.41) is 0. The van der Waals surface area contributed by atoms with Crippen LogP contribution in [0.25, 0.3) is 11.6 Å². The number of nitrogens with zero attached hydrogens (tertiary/aromatic N) is 1. The summed E-state index contributed by atoms with van der Waals surface area (Å²) in [5.41, 5.74) is 4.21. The van der Waals surface area contributed by atoms with Crippen molar-refractivity contribution in [1.29, 1.82) is 0 Å². The van der Waals surface area contributed by atoms with Crippen LogP contribution in [0.5, 0.6) is 11.5 Å². The Bertz CT molecular complexity index is 1040. The van der Waals surface area contributed by atoms with Crippen molar-refractivity contribution in [3.8, 4) is 11.5 Å². The second-order valence-electron chi connectivity index (χ2n) is 6.39. The highest BCUT2D eigenvalue weighted by Crippen LogP contribution is 2.42. The molecule has 0 radical (unpaired) electrons. The van der Waals surface area contributed by atoms with Gasteiger partial charge >= 0.3 is 0 Å². The van der Waals surface area contributed by atoms with Gasteiger partial charge in [0.1, 0.15) is 0 Å². The van der Waals surface area contributed by atoms with Crippen molar-refractivity contribution in [3.05, 3.63) is 83.9 Å². The molecule has 1 heterocycles. The molecular formula is C24H21NO3. The van der Waals surface area contributed by atoms with E-state index in [0.29, 0.717) is 23.7 Å². The molecule has 3 aromatic carbocycles. The Kier molecular flexibility index (Phi) is 4.85. The minimum absolute atomic E-state index is 0.0414. The molecule has 1 amide bonds. The second kappa shape index (κ2) is 7.61. The number of para-hydroxylation sites is 2. The Balaban J connectivity index is 1.79. The number of carbonyl (C=O) groups excluding carboxylic acids is 1. The largest absolute Gasteiger partial charge is 0.493 e. The van der Waals surface area contributed by atoms with Crippen molar-refractivity contribution in [2.45, 2.75) is 6.92 Å². The highest BCUT2D eigenvalue weighted by Gasteiger charge is 2.33. The third kappa shape index (κ3) is 3.14. The maximum Gasteiger partial charge on any atom is 0.263 e. The molecule has 0 unspecified atom stereocenters. The zero-order chi connectivity index (χ0) is 19.5. The van der Waals surface area contributed by atoms with E-state index in [1.165, 1.54) is 0 Å². The van der Waals surface area contributed by atoms with E-state index in [4.69, 9.17) is 9.47 Å². The summed E-state index contributed by atoms with van der Waals surface area (Å²) >= 11 is 0. The van der Waals surface area contributed by atoms with E-state index in [9.17, 15) is 4.79 Å². The fourth-order valence-corrected chi connectivity index (χ4v) is 3.43. The van der Waals surface area contributed by atoms with E-state index in [1.54, 1.807) is 12.0 Å². The van der Waals surface area contributed by atoms with E-state index >= 15 is 0 Å². The molecule has 0 spiro atoms. The van der Waals surface area contributed by atoms with Crippen LogP contribution in [-0.2, 0) is 4.79 Å². The lowest BCUT2D eigenvalue weighted by Crippen LogP contribution is -2.20. The maximum absolute atomic E-state index is 13.3. The number of amides is 1. The molecule has 0 N–H and O–H groups in total. The summed E-state index contributed by atoms with van der Waals surface area (Å²) in [5.74, 6) is 1.30. The predicted molar refractivity (Wildman–Crippen MR) is 112 cm³/mol. The Morgan fingerprint density at radius 3 is 2.43 bits per heavy atom. The zero-order valence-electron chi connectivity index (χ0n) is 15.9. The van der Waals surface area contributed by atoms with Crippen molar-refractivity contribution in [1.82, 2.24) is 0 Å². The second-order valence-corrected chi connectivity index (χ2v) is 6.39. The first-order valence-electron chi connectivity index (χ1n) is 9.24. The molecule has 0 fully saturated rings. The number of hydrogen-bond acceptors (Lipinski definition) is 3. The highest BCUT2D eigenvalue weighted by molar-refractivity contribution is 6.37. The van der Waals surface area contributed by atoms with E-state index in [-0.39, 0.29) is 5.91 Å². The van der Waals surface area contributed by atoms with Gasteiger partial charge in [0.2, 0.25) is 0 Å². The molecule has 140 valence electrons. The van der Waals surface area contributed by atoms with Crippen LogP contribution < -0.4 is 14.4 Å². The Morgan fingerprint density at radius 2 is 1.68 bits per heavy atom. The summed E-state index contributed by atoms with van der Waals surface area (Å²) < 4.78 is 11.0. The van der Waals surface area contributed by atoms with Crippen LogP contribution in [0.15, 0.2) is 72.8 Å². The number of anilines is 2. The quantitative estimate of drug-likeness (QED) is 0.570. The van der Waals surface area contributed by atoms with Gasteiger partial charge in [-0.1, -0.05) is 42.5 Å². The van der Waals surface area contributed by atoms with Gasteiger partial charge in [0.25, 0.3) is 5.91 Å². The summed E-state index contributed by atoms with van der Waals surface area (Å²) in [6.07, 6.45) is 1.91. The van der Waals surface area contributed by atoms with Crippen LogP contribution in [0.4, 0.5) is 11.4 Å². The van der Waals surface area contributed by atoms with Gasteiger partial charge in [0, 0.05) is 11.3 Å². The monoisotopic (exact) mass is 371 g/mol. The van der Waals surface area contributed by atoms with Gasteiger partial charge in [0.15, 0.2) is 11.5 Å². The molecule has 4 heteroatoms. The molecule has 28 heavy (non-hydrogen) atoms. The van der Waals surface area contributed by atoms with E-state index < -0.39 is 0 Å². The van der Waals surface area contributed by atoms with Crippen molar-refractivity contribution >= 4 is 28.9 Å². The SMILES string of the molecule is CCOc1ccc(/C=C2/C(=O)N(c3ccccc3)c3ccccc32)cc1OC. The molecule has 0 bridgehead atoms. The van der Waals surface area contributed by atoms with Gasteiger partial charge in [-0.25, -0.2) is 0 Å². The first kappa shape index (κ1) is 17.9. The standard InChI is InChI=1S/C24H21NO3/c1-3-28-22-14-13-17(16-23(22)27-2)15-20-19-11-7-8-12-21(19)25(24(20)26)18-9-5-4-6-10-18/h4-16H,3H2,1-2H3/b20-15+. The average Bonchev–Trinajstić information content (AvgIpc) is 3.01. The topological polar surface area (TPSA) is 38.8 Å². The number of fused-ring (bicyclic) bond motifs is 1. The van der Waals surface area contributed by atoms with Crippen LogP contribution in [0.1, 0.15) is 18.1 Å². The molecule has 0 atom stereocenters. The molecule has 0 aliphatic carbocycles. The summed E-state index contributed by atoms with van der Waals surface area (Å²) in [7, 11) is 1.61. The molecule has 4 nitrogen and oxygen atoms in total. The van der Waals surface area contributed by atoms with Crippen molar-refractivity contribution in [3.63, 3.8) is 0 Å². The Morgan fingerprint density at radius 1 is 0.929 bits per heavy atom. The minimum Gasteiger partial charge on any atom is -0.493 e. The Hall–Kier alpha value is -3.53. The Labute approximate surface area is 164 Å². The third-order valence-electron chi connectivity index (χ3n) is 4.68. The molecule has 0 aromatic heterocycles. The third-order valence-corrected chi connectivity index (χ3v) is 4.68. The molecule has 4 rings (SSSR count). The molecule has 0 saturated carbocycles. The summed E-state index contributed by atoms with van der Waals surface area (Å²) in [6, 6.07) is 23.2. The van der Waals surface area contributed by atoms with Crippen LogP contribution in [-0.4, -0.2) is 19.6 Å². The fourth-order valence-electron chi connectivity index (χ4n) is 3.43. The number of hydrogen-bond donors (Lipinski definition) is 0. The highest BCUT2D eigenvalue weighted by atomic mass is 16.5. The summed E-state index contributed by atoms with van der Waals surface area (Å²) in [6.45, 7) is 2.50. The van der Waals surface area contributed by atoms with E-state index in [2.05, 4.69) is 0 Å². The number of methoxy groups -OCH3 is 1. The van der Waals surface area contributed by atoms with Gasteiger partial charge in [-0.2, -0.15) is 0 Å². The minimum atomic E-state index is -0.0414. The zero-order valence-corrected chi connectivity index (χ0v) is 15.9. The first-order chi connectivity index (χ1) is 13.7. The average molecular weight is 371 g/mol. The van der Waals surface area contributed by atoms with Crippen molar-refractivity contribution < 1.29 is 14.3 Å². The molecular weight excluding hydrogens is 350 g/mol. The molecule has 1 aliphatic heterocycles. The maximum atomic E-state index is 13.3. The van der Waals surface area contributed by atoms with Gasteiger partial charge in [-0.3, -0.25) is 9.69 Å². The van der Waals surface area contributed by atoms with Crippen LogP contribution in [0.2, 0.25) is 0 Å². The number of rotatable bonds is 5. The number of benzene rings is 3. The normalized spacial score (nSPS) is 14.3. The van der Waals surface area contributed by atoms with E-state index in [1.807, 2.05) is 85.8 Å². The first-order valence-corrected chi connectivity index (χ1v) is 9.24. The predicted octanol–water partition coefficient (Wildman–Crippen LogP) is 5.31. The van der Waals surface area contributed by atoms with Gasteiger partial charge < -0.3 is 9.47 Å². The lowest BCUT2D eigenvalue weighted by atomic mass is 10.0. The van der Waals surface area contributed by atoms with Crippen molar-refractivity contribution in [2.75, 3.05) is 18.6 Å². The smallest absolute Gasteiger partial charge is 0.263 e. The van der Waals surface area contributed by atoms with Crippen LogP contribution in [0.3, 0.4) is 0 Å². The molecule has 1 aliphatic rings. The fraction of sp³-hybridized carbons (Fsp3) is 0.125. The number of carbonyl (C=O) groups is 1. The van der Waals surface area contributed by atoms with Crippen LogP contribution in [0, 0.1) is 0 Å². The molecule has 3 aromatic rings. The van der Waals surface area contributed by atoms with Gasteiger partial charge in [0.05, 0.1) is 25.0 Å². The number of ether oxygens (including phenoxy) is 2. The van der Waals surface area contributed by atoms with Gasteiger partial charge in [-0.15, -0.1) is 0 Å². The van der Waals surface area contributed by atoms with Crippen molar-refractivity contribution in [2.24, 2.45) is 0 Å². The lowest BCUT2D eigenvalue weighted by Gasteiger charge is -2.16. The molecule has 0 saturated heterocycles. The summed E-state index contributed by atoms with van der Waals surface area (Å²) in [4.78, 5) is 15.0. The van der Waals surface area contributed by atoms with Crippen LogP contribution >= 0.6 is 0 Å². The lowest BCUT2D eigenvalue weighted by molar-refractivity contribution is -0.112.